The molecule has 0 bridgehead atoms. The highest BCUT2D eigenvalue weighted by atomic mass is 127. The van der Waals surface area contributed by atoms with Gasteiger partial charge in [-0.2, -0.15) is 0 Å². The molecule has 1 atom stereocenters. The number of tetrazole rings is 1. The molecule has 0 fully saturated rings. The predicted molar refractivity (Wildman–Crippen MR) is 77.5 cm³/mol. The molecule has 1 heterocycles. The van der Waals surface area contributed by atoms with E-state index in [1.165, 1.54) is 16.8 Å². The monoisotopic (exact) mass is 390 g/mol. The second kappa shape index (κ2) is 6.25. The Bertz CT molecular complexity index is 632. The highest BCUT2D eigenvalue weighted by molar-refractivity contribution is 14.1. The predicted octanol–water partition coefficient (Wildman–Crippen LogP) is 2.51. The van der Waals surface area contributed by atoms with Crippen LogP contribution >= 0.6 is 22.6 Å². The number of rotatable bonds is 5. The Morgan fingerprint density at radius 3 is 2.90 bits per heavy atom. The highest BCUT2D eigenvalue weighted by Crippen LogP contribution is 2.27. The molecule has 0 saturated carbocycles. The van der Waals surface area contributed by atoms with Crippen molar-refractivity contribution in [2.24, 2.45) is 0 Å². The van der Waals surface area contributed by atoms with Gasteiger partial charge < -0.3 is 5.11 Å². The van der Waals surface area contributed by atoms with Gasteiger partial charge in [-0.1, -0.05) is 6.92 Å². The first kappa shape index (κ1) is 14.8. The number of hydrogen-bond acceptors (Lipinski definition) is 4. The van der Waals surface area contributed by atoms with Crippen molar-refractivity contribution >= 4 is 28.6 Å². The number of carbonyl (C=O) groups is 1. The minimum absolute atomic E-state index is 0.0632. The number of carboxylic acid groups (broad SMARTS) is 1. The molecule has 106 valence electrons. The number of nitrogens with zero attached hydrogens (tertiary/aromatic N) is 4. The fourth-order valence-electron chi connectivity index (χ4n) is 1.89. The normalized spacial score (nSPS) is 12.3. The first-order valence-electron chi connectivity index (χ1n) is 5.98. The van der Waals surface area contributed by atoms with E-state index in [9.17, 15) is 9.18 Å². The zero-order valence-electron chi connectivity index (χ0n) is 10.6. The van der Waals surface area contributed by atoms with E-state index in [1.807, 2.05) is 29.5 Å². The molecule has 2 rings (SSSR count). The van der Waals surface area contributed by atoms with Crippen molar-refractivity contribution in [3.05, 3.63) is 27.6 Å². The summed E-state index contributed by atoms with van der Waals surface area (Å²) in [4.78, 5) is 10.9. The van der Waals surface area contributed by atoms with Crippen molar-refractivity contribution in [1.82, 2.24) is 20.2 Å². The number of benzene rings is 1. The Morgan fingerprint density at radius 2 is 2.30 bits per heavy atom. The lowest BCUT2D eigenvalue weighted by Crippen LogP contribution is -2.16. The van der Waals surface area contributed by atoms with E-state index in [4.69, 9.17) is 5.11 Å². The average Bonchev–Trinajstić information content (AvgIpc) is 2.84. The number of aliphatic carboxylic acids is 1. The molecule has 1 N–H and O–H groups in total. The van der Waals surface area contributed by atoms with Crippen LogP contribution in [0.2, 0.25) is 0 Å². The Balaban J connectivity index is 2.43. The van der Waals surface area contributed by atoms with Crippen LogP contribution in [0, 0.1) is 9.39 Å². The molecule has 1 unspecified atom stereocenters. The van der Waals surface area contributed by atoms with Gasteiger partial charge in [0.25, 0.3) is 0 Å². The first-order chi connectivity index (χ1) is 9.52. The second-order valence-electron chi connectivity index (χ2n) is 4.23. The highest BCUT2D eigenvalue weighted by Gasteiger charge is 2.21. The van der Waals surface area contributed by atoms with Gasteiger partial charge in [-0.05, 0) is 57.6 Å². The van der Waals surface area contributed by atoms with Gasteiger partial charge in [-0.25, -0.2) is 9.07 Å². The number of aromatic nitrogens is 4. The van der Waals surface area contributed by atoms with Gasteiger partial charge >= 0.3 is 5.97 Å². The van der Waals surface area contributed by atoms with Gasteiger partial charge in [0.15, 0.2) is 5.82 Å². The molecular formula is C12H12FIN4O2. The Morgan fingerprint density at radius 1 is 1.55 bits per heavy atom. The van der Waals surface area contributed by atoms with Crippen LogP contribution < -0.4 is 0 Å². The molecule has 0 saturated heterocycles. The fourth-order valence-corrected chi connectivity index (χ4v) is 2.61. The van der Waals surface area contributed by atoms with Crippen molar-refractivity contribution in [2.45, 2.75) is 25.8 Å². The van der Waals surface area contributed by atoms with E-state index < -0.39 is 5.97 Å². The van der Waals surface area contributed by atoms with Crippen LogP contribution in [0.3, 0.4) is 0 Å². The third kappa shape index (κ3) is 3.11. The zero-order valence-corrected chi connectivity index (χ0v) is 12.8. The Hall–Kier alpha value is -1.58. The number of halogens is 2. The van der Waals surface area contributed by atoms with Crippen molar-refractivity contribution in [3.63, 3.8) is 0 Å². The lowest BCUT2D eigenvalue weighted by Gasteiger charge is -2.14. The standard InChI is InChI=1S/C12H12FIN4O2/c1-2-8(6-11(19)20)18-12(15-16-17-18)9-4-3-7(13)5-10(9)14/h3-5,8H,2,6H2,1H3,(H,19,20). The molecule has 0 spiro atoms. The maximum atomic E-state index is 13.1. The fraction of sp³-hybridized carbons (Fsp3) is 0.333. The quantitative estimate of drug-likeness (QED) is 0.794. The molecule has 0 aliphatic carbocycles. The van der Waals surface area contributed by atoms with Crippen molar-refractivity contribution in [1.29, 1.82) is 0 Å². The third-order valence-corrected chi connectivity index (χ3v) is 3.78. The maximum absolute atomic E-state index is 13.1. The van der Waals surface area contributed by atoms with Crippen LogP contribution in [0.15, 0.2) is 18.2 Å². The molecule has 6 nitrogen and oxygen atoms in total. The summed E-state index contributed by atoms with van der Waals surface area (Å²) in [5, 5.41) is 20.4. The molecule has 0 aliphatic rings. The molecule has 20 heavy (non-hydrogen) atoms. The van der Waals surface area contributed by atoms with Gasteiger partial charge in [-0.3, -0.25) is 4.79 Å². The molecule has 0 amide bonds. The summed E-state index contributed by atoms with van der Waals surface area (Å²) >= 11 is 2.00. The summed E-state index contributed by atoms with van der Waals surface area (Å²) in [6, 6.07) is 3.97. The van der Waals surface area contributed by atoms with E-state index in [-0.39, 0.29) is 18.3 Å². The van der Waals surface area contributed by atoms with Gasteiger partial charge in [-0.15, -0.1) is 5.10 Å². The topological polar surface area (TPSA) is 80.9 Å². The van der Waals surface area contributed by atoms with Crippen LogP contribution in [0.1, 0.15) is 25.8 Å². The lowest BCUT2D eigenvalue weighted by molar-refractivity contribution is -0.138. The molecule has 0 aliphatic heterocycles. The average molecular weight is 390 g/mol. The Kier molecular flexibility index (Phi) is 4.63. The SMILES string of the molecule is CCC(CC(=O)O)n1nnnc1-c1ccc(F)cc1I. The van der Waals surface area contributed by atoms with Crippen molar-refractivity contribution < 1.29 is 14.3 Å². The summed E-state index contributed by atoms with van der Waals surface area (Å²) in [7, 11) is 0. The summed E-state index contributed by atoms with van der Waals surface area (Å²) < 4.78 is 15.3. The number of hydrogen-bond donors (Lipinski definition) is 1. The smallest absolute Gasteiger partial charge is 0.305 e. The van der Waals surface area contributed by atoms with E-state index in [2.05, 4.69) is 15.5 Å². The van der Waals surface area contributed by atoms with Crippen molar-refractivity contribution in [3.8, 4) is 11.4 Å². The molecule has 8 heteroatoms. The van der Waals surface area contributed by atoms with Crippen LogP contribution in [-0.2, 0) is 4.79 Å². The van der Waals surface area contributed by atoms with Crippen LogP contribution in [0.4, 0.5) is 4.39 Å². The summed E-state index contributed by atoms with van der Waals surface area (Å²) in [6.45, 7) is 1.87. The van der Waals surface area contributed by atoms with Gasteiger partial charge in [0, 0.05) is 9.13 Å². The number of carboxylic acids is 1. The molecule has 0 radical (unpaired) electrons. The molecule has 2 aromatic rings. The molecular weight excluding hydrogens is 378 g/mol. The van der Waals surface area contributed by atoms with Crippen LogP contribution in [-0.4, -0.2) is 31.3 Å². The van der Waals surface area contributed by atoms with Crippen LogP contribution in [0.5, 0.6) is 0 Å². The minimum Gasteiger partial charge on any atom is -0.481 e. The largest absolute Gasteiger partial charge is 0.481 e. The van der Waals surface area contributed by atoms with E-state index >= 15 is 0 Å². The van der Waals surface area contributed by atoms with Crippen LogP contribution in [0.25, 0.3) is 11.4 Å². The summed E-state index contributed by atoms with van der Waals surface area (Å²) in [5.74, 6) is -0.802. The van der Waals surface area contributed by atoms with Crippen molar-refractivity contribution in [2.75, 3.05) is 0 Å². The minimum atomic E-state index is -0.910. The maximum Gasteiger partial charge on any atom is 0.305 e. The first-order valence-corrected chi connectivity index (χ1v) is 7.06. The third-order valence-electron chi connectivity index (χ3n) is 2.89. The summed E-state index contributed by atoms with van der Waals surface area (Å²) in [6.07, 6.45) is 0.522. The second-order valence-corrected chi connectivity index (χ2v) is 5.39. The van der Waals surface area contributed by atoms with Gasteiger partial charge in [0.2, 0.25) is 0 Å². The van der Waals surface area contributed by atoms with E-state index in [0.29, 0.717) is 21.4 Å². The Labute approximate surface area is 128 Å². The van der Waals surface area contributed by atoms with Gasteiger partial charge in [0.1, 0.15) is 5.82 Å². The molecule has 1 aromatic carbocycles. The van der Waals surface area contributed by atoms with Gasteiger partial charge in [0.05, 0.1) is 12.5 Å². The molecule has 1 aromatic heterocycles. The van der Waals surface area contributed by atoms with E-state index in [0.717, 1.165) is 0 Å². The summed E-state index contributed by atoms with van der Waals surface area (Å²) in [5.41, 5.74) is 0.681. The lowest BCUT2D eigenvalue weighted by atomic mass is 10.1. The zero-order chi connectivity index (χ0) is 14.7. The van der Waals surface area contributed by atoms with E-state index in [1.54, 1.807) is 6.07 Å².